The molecular formula is C9H10BFN2. The normalized spacial score (nSPS) is 9.69. The Morgan fingerprint density at radius 3 is 2.77 bits per heavy atom. The van der Waals surface area contributed by atoms with Gasteiger partial charge >= 0.3 is 0 Å². The van der Waals surface area contributed by atoms with Crippen LogP contribution in [-0.4, -0.2) is 14.1 Å². The van der Waals surface area contributed by atoms with Gasteiger partial charge in [0.15, 0.2) is 0 Å². The molecule has 0 aliphatic carbocycles. The molecule has 0 aliphatic rings. The molecular weight excluding hydrogens is 166 g/mol. The minimum absolute atomic E-state index is 0.340. The van der Waals surface area contributed by atoms with Crippen LogP contribution >= 0.6 is 0 Å². The van der Waals surface area contributed by atoms with Crippen molar-refractivity contribution >= 4 is 25.2 Å². The molecule has 1 aromatic carbocycles. The molecule has 0 atom stereocenters. The van der Waals surface area contributed by atoms with Gasteiger partial charge < -0.3 is 5.41 Å². The Labute approximate surface area is 78.0 Å². The van der Waals surface area contributed by atoms with Gasteiger partial charge in [-0.15, -0.1) is 4.48 Å². The van der Waals surface area contributed by atoms with Crippen LogP contribution in [0.25, 0.3) is 0 Å². The van der Waals surface area contributed by atoms with Crippen LogP contribution < -0.4 is 11.0 Å². The zero-order valence-electron chi connectivity index (χ0n) is 7.39. The lowest BCUT2D eigenvalue weighted by Crippen LogP contribution is -2.08. The first kappa shape index (κ1) is 9.77. The monoisotopic (exact) mass is 176 g/mol. The van der Waals surface area contributed by atoms with Crippen molar-refractivity contribution in [1.82, 2.24) is 0 Å². The fourth-order valence-corrected chi connectivity index (χ4v) is 1.26. The lowest BCUT2D eigenvalue weighted by molar-refractivity contribution is 0.615. The van der Waals surface area contributed by atoms with Crippen LogP contribution in [0.5, 0.6) is 0 Å². The number of aryl methyl sites for hydroxylation is 1. The second kappa shape index (κ2) is 4.07. The number of rotatable bonds is 3. The molecule has 0 heterocycles. The van der Waals surface area contributed by atoms with Gasteiger partial charge in [0.1, 0.15) is 7.85 Å². The topological polar surface area (TPSA) is 35.9 Å². The van der Waals surface area contributed by atoms with E-state index < -0.39 is 0 Å². The van der Waals surface area contributed by atoms with E-state index in [1.807, 2.05) is 6.92 Å². The Bertz CT molecular complexity index is 326. The van der Waals surface area contributed by atoms with Crippen molar-refractivity contribution in [3.63, 3.8) is 0 Å². The molecule has 0 saturated carbocycles. The van der Waals surface area contributed by atoms with Crippen LogP contribution in [0.3, 0.4) is 0 Å². The SMILES string of the molecule is [B]c1cc(C=N)c(NF)c(CC)c1. The van der Waals surface area contributed by atoms with Crippen molar-refractivity contribution in [3.8, 4) is 0 Å². The van der Waals surface area contributed by atoms with Crippen LogP contribution in [-0.2, 0) is 6.42 Å². The third-order valence-corrected chi connectivity index (χ3v) is 1.90. The summed E-state index contributed by atoms with van der Waals surface area (Å²) < 4.78 is 12.4. The summed E-state index contributed by atoms with van der Waals surface area (Å²) in [6.07, 6.45) is 1.76. The number of halogens is 1. The maximum Gasteiger partial charge on any atom is 0.113 e. The van der Waals surface area contributed by atoms with Crippen molar-refractivity contribution in [2.24, 2.45) is 0 Å². The predicted molar refractivity (Wildman–Crippen MR) is 53.8 cm³/mol. The third-order valence-electron chi connectivity index (χ3n) is 1.90. The molecule has 0 bridgehead atoms. The largest absolute Gasteiger partial charge is 0.308 e. The highest BCUT2D eigenvalue weighted by molar-refractivity contribution is 6.32. The van der Waals surface area contributed by atoms with Crippen molar-refractivity contribution in [2.75, 3.05) is 5.54 Å². The number of nitrogens with one attached hydrogen (secondary N) is 2. The lowest BCUT2D eigenvalue weighted by Gasteiger charge is -2.09. The first-order valence-corrected chi connectivity index (χ1v) is 4.02. The predicted octanol–water partition coefficient (Wildman–Crippen LogP) is 1.34. The summed E-state index contributed by atoms with van der Waals surface area (Å²) in [7, 11) is 5.58. The highest BCUT2D eigenvalue weighted by Crippen LogP contribution is 2.19. The second-order valence-electron chi connectivity index (χ2n) is 2.74. The first-order valence-electron chi connectivity index (χ1n) is 4.02. The van der Waals surface area contributed by atoms with E-state index in [0.29, 0.717) is 23.1 Å². The molecule has 0 fully saturated rings. The minimum Gasteiger partial charge on any atom is -0.308 e. The summed E-state index contributed by atoms with van der Waals surface area (Å²) in [5.74, 6) is 0. The van der Waals surface area contributed by atoms with E-state index in [-0.39, 0.29) is 0 Å². The average molecular weight is 176 g/mol. The van der Waals surface area contributed by atoms with Crippen LogP contribution in [0.1, 0.15) is 18.1 Å². The molecule has 2 nitrogen and oxygen atoms in total. The van der Waals surface area contributed by atoms with E-state index in [2.05, 4.69) is 0 Å². The van der Waals surface area contributed by atoms with E-state index in [9.17, 15) is 4.48 Å². The summed E-state index contributed by atoms with van der Waals surface area (Å²) in [5, 5.41) is 7.07. The molecule has 13 heavy (non-hydrogen) atoms. The Kier molecular flexibility index (Phi) is 3.06. The number of anilines is 1. The zero-order valence-corrected chi connectivity index (χ0v) is 7.39. The van der Waals surface area contributed by atoms with Crippen molar-refractivity contribution in [2.45, 2.75) is 13.3 Å². The summed E-state index contributed by atoms with van der Waals surface area (Å²) in [6, 6.07) is 3.27. The van der Waals surface area contributed by atoms with Gasteiger partial charge in [0.25, 0.3) is 0 Å². The standard InChI is InChI=1S/C9H10BFN2/c1-2-6-3-8(10)4-7(5-12)9(6)13-11/h3-5,12-13H,2H2,1H3. The molecule has 2 radical (unpaired) electrons. The zero-order chi connectivity index (χ0) is 9.84. The van der Waals surface area contributed by atoms with Crippen LogP contribution in [0.4, 0.5) is 10.2 Å². The molecule has 1 rings (SSSR count). The van der Waals surface area contributed by atoms with Gasteiger partial charge in [0, 0.05) is 11.8 Å². The molecule has 4 heteroatoms. The first-order chi connectivity index (χ1) is 6.22. The summed E-state index contributed by atoms with van der Waals surface area (Å²) in [4.78, 5) is 0. The maximum atomic E-state index is 12.4. The molecule has 66 valence electrons. The Morgan fingerprint density at radius 2 is 2.31 bits per heavy atom. The third kappa shape index (κ3) is 1.88. The molecule has 0 amide bonds. The Balaban J connectivity index is 3.33. The van der Waals surface area contributed by atoms with E-state index in [1.54, 1.807) is 17.7 Å². The van der Waals surface area contributed by atoms with E-state index in [0.717, 1.165) is 11.8 Å². The fourth-order valence-electron chi connectivity index (χ4n) is 1.26. The molecule has 0 spiro atoms. The van der Waals surface area contributed by atoms with Crippen molar-refractivity contribution in [3.05, 3.63) is 23.3 Å². The van der Waals surface area contributed by atoms with Gasteiger partial charge in [-0.05, 0) is 12.0 Å². The van der Waals surface area contributed by atoms with E-state index >= 15 is 0 Å². The van der Waals surface area contributed by atoms with E-state index in [4.69, 9.17) is 13.3 Å². The van der Waals surface area contributed by atoms with Gasteiger partial charge in [-0.1, -0.05) is 24.5 Å². The van der Waals surface area contributed by atoms with Gasteiger partial charge in [0.05, 0.1) is 5.69 Å². The highest BCUT2D eigenvalue weighted by atomic mass is 19.2. The fraction of sp³-hybridized carbons (Fsp3) is 0.222. The van der Waals surface area contributed by atoms with Crippen LogP contribution in [0.15, 0.2) is 12.1 Å². The van der Waals surface area contributed by atoms with Crippen LogP contribution in [0, 0.1) is 5.41 Å². The second-order valence-corrected chi connectivity index (χ2v) is 2.74. The molecule has 0 saturated heterocycles. The van der Waals surface area contributed by atoms with Crippen molar-refractivity contribution < 1.29 is 4.48 Å². The smallest absolute Gasteiger partial charge is 0.113 e. The minimum atomic E-state index is 0.340. The molecule has 0 aliphatic heterocycles. The Hall–Kier alpha value is -1.32. The van der Waals surface area contributed by atoms with Crippen LogP contribution in [0.2, 0.25) is 0 Å². The highest BCUT2D eigenvalue weighted by Gasteiger charge is 2.05. The molecule has 2 N–H and O–H groups in total. The summed E-state index contributed by atoms with van der Waals surface area (Å²) in [6.45, 7) is 1.91. The van der Waals surface area contributed by atoms with Gasteiger partial charge in [0.2, 0.25) is 0 Å². The number of hydrogen-bond acceptors (Lipinski definition) is 2. The summed E-state index contributed by atoms with van der Waals surface area (Å²) in [5.41, 5.74) is 3.73. The molecule has 1 aromatic rings. The lowest BCUT2D eigenvalue weighted by atomic mass is 9.90. The average Bonchev–Trinajstić information content (AvgIpc) is 2.16. The van der Waals surface area contributed by atoms with Gasteiger partial charge in [-0.25, -0.2) is 5.54 Å². The summed E-state index contributed by atoms with van der Waals surface area (Å²) >= 11 is 0. The number of hydrogen-bond donors (Lipinski definition) is 2. The molecule has 0 unspecified atom stereocenters. The van der Waals surface area contributed by atoms with Gasteiger partial charge in [-0.3, -0.25) is 0 Å². The quantitative estimate of drug-likeness (QED) is 0.406. The van der Waals surface area contributed by atoms with Gasteiger partial charge in [-0.2, -0.15) is 0 Å². The maximum absolute atomic E-state index is 12.4. The molecule has 0 aromatic heterocycles. The van der Waals surface area contributed by atoms with Crippen molar-refractivity contribution in [1.29, 1.82) is 5.41 Å². The van der Waals surface area contributed by atoms with E-state index in [1.165, 1.54) is 0 Å². The number of benzene rings is 1. The Morgan fingerprint density at radius 1 is 1.62 bits per heavy atom.